The van der Waals surface area contributed by atoms with Crippen LogP contribution in [-0.2, 0) is 53.9 Å². The molecule has 5 unspecified atom stereocenters. The number of rotatable bonds is 14. The van der Waals surface area contributed by atoms with Crippen molar-refractivity contribution in [2.75, 3.05) is 28.4 Å². The summed E-state index contributed by atoms with van der Waals surface area (Å²) < 4.78 is 31.9. The molecule has 1 aliphatic rings. The minimum absolute atomic E-state index is 0.0243. The summed E-state index contributed by atoms with van der Waals surface area (Å²) in [6, 6.07) is 0. The molecule has 1 rings (SSSR count). The van der Waals surface area contributed by atoms with Gasteiger partial charge in [-0.05, 0) is 0 Å². The number of carbonyl (C=O) groups is 6. The molecule has 12 nitrogen and oxygen atoms in total. The average molecular weight is 651 g/mol. The van der Waals surface area contributed by atoms with Gasteiger partial charge in [-0.2, -0.15) is 0 Å². The quantitative estimate of drug-likeness (QED) is 0.154. The number of ether oxygens (including phenoxy) is 4. The van der Waals surface area contributed by atoms with Gasteiger partial charge in [-0.25, -0.2) is 0 Å². The molecule has 216 valence electrons. The third kappa shape index (κ3) is 8.57. The van der Waals surface area contributed by atoms with Crippen LogP contribution in [0.2, 0.25) is 8.87 Å². The van der Waals surface area contributed by atoms with Crippen LogP contribution < -0.4 is 0 Å². The molecule has 0 spiro atoms. The van der Waals surface area contributed by atoms with Crippen molar-refractivity contribution in [2.24, 2.45) is 29.6 Å². The molecule has 1 saturated heterocycles. The molecule has 0 radical (unpaired) electrons. The van der Waals surface area contributed by atoms with Gasteiger partial charge in [0.15, 0.2) is 0 Å². The van der Waals surface area contributed by atoms with E-state index in [0.29, 0.717) is 15.3 Å². The normalized spacial score (nSPS) is 21.0. The van der Waals surface area contributed by atoms with Gasteiger partial charge in [-0.15, -0.1) is 0 Å². The summed E-state index contributed by atoms with van der Waals surface area (Å²) in [5.41, 5.74) is 0. The van der Waals surface area contributed by atoms with E-state index in [0.717, 1.165) is 7.11 Å². The fourth-order valence-corrected chi connectivity index (χ4v) is 10.8. The van der Waals surface area contributed by atoms with Crippen molar-refractivity contribution in [1.82, 2.24) is 0 Å². The van der Waals surface area contributed by atoms with Gasteiger partial charge < -0.3 is 0 Å². The van der Waals surface area contributed by atoms with Gasteiger partial charge in [0, 0.05) is 0 Å². The number of methoxy groups -OCH3 is 4. The first kappa shape index (κ1) is 33.6. The van der Waals surface area contributed by atoms with Crippen molar-refractivity contribution in [3.63, 3.8) is 0 Å². The molecular weight excluding hydrogens is 611 g/mol. The maximum absolute atomic E-state index is 13.7. The molecule has 0 aromatic carbocycles. The Bertz CT molecular complexity index is 868. The second-order valence-corrected chi connectivity index (χ2v) is 19.6. The Balaban J connectivity index is 3.65. The van der Waals surface area contributed by atoms with Crippen LogP contribution in [-0.4, -0.2) is 83.5 Å². The molecule has 0 N–H and O–H groups in total. The predicted octanol–water partition coefficient (Wildman–Crippen LogP) is 2.31. The summed E-state index contributed by atoms with van der Waals surface area (Å²) in [5, 5.41) is 0. The van der Waals surface area contributed by atoms with Gasteiger partial charge in [0.2, 0.25) is 0 Å². The summed E-state index contributed by atoms with van der Waals surface area (Å²) in [4.78, 5) is 77.1. The Morgan fingerprint density at radius 1 is 0.789 bits per heavy atom. The molecule has 0 aromatic heterocycles. The van der Waals surface area contributed by atoms with Crippen molar-refractivity contribution in [1.29, 1.82) is 0 Å². The summed E-state index contributed by atoms with van der Waals surface area (Å²) in [7, 11) is 4.73. The summed E-state index contributed by atoms with van der Waals surface area (Å²) in [5.74, 6) is -9.91. The number of esters is 4. The van der Waals surface area contributed by atoms with Gasteiger partial charge >= 0.3 is 229 Å². The molecule has 0 amide bonds. The third-order valence-electron chi connectivity index (χ3n) is 7.16. The Morgan fingerprint density at radius 3 is 1.79 bits per heavy atom. The number of hydrogen-bond donors (Lipinski definition) is 0. The molecule has 13 heteroatoms. The van der Waals surface area contributed by atoms with Gasteiger partial charge in [0.05, 0.1) is 0 Å². The van der Waals surface area contributed by atoms with Crippen LogP contribution in [0.25, 0.3) is 0 Å². The SMILES string of the molecule is CCC(CC(C(=O)OC)C1C(=O)[O][Sn]([CH2]C)([CH2]C)[O]C(=O)C1CC(CCC(=O)OC)C(=O)OC)C(=O)OC. The van der Waals surface area contributed by atoms with E-state index in [4.69, 9.17) is 20.4 Å². The van der Waals surface area contributed by atoms with Crippen molar-refractivity contribution in [3.8, 4) is 0 Å². The van der Waals surface area contributed by atoms with Crippen molar-refractivity contribution in [3.05, 3.63) is 0 Å². The molecular formula is C25H40O12Sn. The fourth-order valence-electron chi connectivity index (χ4n) is 4.71. The van der Waals surface area contributed by atoms with E-state index in [1.807, 2.05) is 0 Å². The van der Waals surface area contributed by atoms with Crippen molar-refractivity contribution < 1.29 is 53.9 Å². The van der Waals surface area contributed by atoms with Gasteiger partial charge in [-0.3, -0.25) is 0 Å². The Labute approximate surface area is 228 Å². The topological polar surface area (TPSA) is 158 Å². The van der Waals surface area contributed by atoms with E-state index in [-0.39, 0.29) is 25.7 Å². The first-order valence-electron chi connectivity index (χ1n) is 12.7. The maximum atomic E-state index is 13.7. The Morgan fingerprint density at radius 2 is 1.32 bits per heavy atom. The minimum atomic E-state index is -4.22. The second kappa shape index (κ2) is 15.9. The Hall–Kier alpha value is -2.38. The van der Waals surface area contributed by atoms with E-state index >= 15 is 0 Å². The molecule has 0 saturated carbocycles. The zero-order valence-electron chi connectivity index (χ0n) is 23.2. The molecule has 1 fully saturated rings. The predicted molar refractivity (Wildman–Crippen MR) is 133 cm³/mol. The number of carbonyl (C=O) groups excluding carboxylic acids is 6. The molecule has 38 heavy (non-hydrogen) atoms. The average Bonchev–Trinajstić information content (AvgIpc) is 3.03. The summed E-state index contributed by atoms with van der Waals surface area (Å²) in [6.07, 6.45) is -0.260. The molecule has 5 atom stereocenters. The first-order chi connectivity index (χ1) is 18.0. The molecule has 1 aliphatic heterocycles. The Kier molecular flexibility index (Phi) is 14.1. The summed E-state index contributed by atoms with van der Waals surface area (Å²) >= 11 is -4.22. The van der Waals surface area contributed by atoms with E-state index < -0.39 is 84.6 Å². The van der Waals surface area contributed by atoms with Crippen LogP contribution in [0.3, 0.4) is 0 Å². The molecule has 0 bridgehead atoms. The van der Waals surface area contributed by atoms with E-state index in [1.165, 1.54) is 21.3 Å². The van der Waals surface area contributed by atoms with Crippen molar-refractivity contribution in [2.45, 2.75) is 61.7 Å². The molecule has 1 heterocycles. The zero-order chi connectivity index (χ0) is 29.0. The van der Waals surface area contributed by atoms with Crippen molar-refractivity contribution >= 4 is 55.0 Å². The fraction of sp³-hybridized carbons (Fsp3) is 0.760. The van der Waals surface area contributed by atoms with E-state index in [1.54, 1.807) is 20.8 Å². The summed E-state index contributed by atoms with van der Waals surface area (Å²) in [6.45, 7) is 5.26. The second-order valence-electron chi connectivity index (χ2n) is 9.16. The van der Waals surface area contributed by atoms with Crippen LogP contribution in [0.1, 0.15) is 52.9 Å². The molecule has 0 aromatic rings. The number of hydrogen-bond acceptors (Lipinski definition) is 12. The van der Waals surface area contributed by atoms with Crippen LogP contribution >= 0.6 is 0 Å². The monoisotopic (exact) mass is 652 g/mol. The van der Waals surface area contributed by atoms with Crippen LogP contribution in [0.5, 0.6) is 0 Å². The van der Waals surface area contributed by atoms with E-state index in [2.05, 4.69) is 4.74 Å². The van der Waals surface area contributed by atoms with Crippen LogP contribution in [0.4, 0.5) is 0 Å². The van der Waals surface area contributed by atoms with Gasteiger partial charge in [0.1, 0.15) is 0 Å². The third-order valence-corrected chi connectivity index (χ3v) is 16.6. The first-order valence-corrected chi connectivity index (χ1v) is 19.1. The molecule has 0 aliphatic carbocycles. The van der Waals surface area contributed by atoms with E-state index in [9.17, 15) is 28.8 Å². The van der Waals surface area contributed by atoms with Crippen LogP contribution in [0, 0.1) is 29.6 Å². The standard InChI is InChI=1S/C21H32O12.2C2H5.Sn/c1-6-11(19(27)31-3)9-14(21(29)33-5)16(18(25)26)13(17(23)24)10-12(20(28)32-4)7-8-15(22)30-2;2*1-2;/h11-14,16H,6-10H2,1-5H3,(H,23,24)(H,25,26);2*1H2,2H3;/q;;;+2/p-2. The zero-order valence-corrected chi connectivity index (χ0v) is 26.1. The van der Waals surface area contributed by atoms with Gasteiger partial charge in [-0.1, -0.05) is 0 Å². The van der Waals surface area contributed by atoms with Gasteiger partial charge in [0.25, 0.3) is 0 Å². The van der Waals surface area contributed by atoms with Crippen LogP contribution in [0.15, 0.2) is 0 Å².